The second-order valence-electron chi connectivity index (χ2n) is 8.45. The Morgan fingerprint density at radius 2 is 1.47 bits per heavy atom. The molecule has 3 aromatic carbocycles. The van der Waals surface area contributed by atoms with Crippen molar-refractivity contribution in [3.05, 3.63) is 132 Å². The lowest BCUT2D eigenvalue weighted by Crippen LogP contribution is -2.44. The van der Waals surface area contributed by atoms with Crippen molar-refractivity contribution in [1.29, 1.82) is 0 Å². The number of hydrazone groups is 1. The van der Waals surface area contributed by atoms with Crippen molar-refractivity contribution < 1.29 is 9.59 Å². The Morgan fingerprint density at radius 3 is 2.18 bits per heavy atom. The van der Waals surface area contributed by atoms with Gasteiger partial charge in [-0.25, -0.2) is 5.43 Å². The molecule has 3 aromatic rings. The minimum atomic E-state index is -0.584. The topological polar surface area (TPSA) is 61.8 Å². The number of amides is 1. The van der Waals surface area contributed by atoms with Crippen LogP contribution in [0.5, 0.6) is 0 Å². The fraction of sp³-hybridized carbons (Fsp3) is 0.138. The summed E-state index contributed by atoms with van der Waals surface area (Å²) in [6.45, 7) is 0. The first-order valence-corrected chi connectivity index (χ1v) is 11.4. The predicted octanol–water partition coefficient (Wildman–Crippen LogP) is 4.56. The van der Waals surface area contributed by atoms with Gasteiger partial charge >= 0.3 is 0 Å². The molecule has 2 aliphatic heterocycles. The van der Waals surface area contributed by atoms with E-state index in [1.807, 2.05) is 120 Å². The summed E-state index contributed by atoms with van der Waals surface area (Å²) in [6, 6.07) is 27.9. The minimum Gasteiger partial charge on any atom is -0.358 e. The standard InChI is InChI=1S/C29H25N3O2/c33-28(23-16-8-3-9-17-23)26-24-18-10-11-19-32(24)27(25(26)22-14-6-2-7-15-22)29(34)31-30-20-21-12-4-1-5-13-21/h1-20,24-27H,(H,31,34)/b30-20+. The average molecular weight is 448 g/mol. The average Bonchev–Trinajstić information content (AvgIpc) is 3.25. The van der Waals surface area contributed by atoms with Crippen molar-refractivity contribution in [3.8, 4) is 0 Å². The molecule has 5 nitrogen and oxygen atoms in total. The van der Waals surface area contributed by atoms with Gasteiger partial charge in [-0.2, -0.15) is 5.10 Å². The van der Waals surface area contributed by atoms with E-state index >= 15 is 0 Å². The van der Waals surface area contributed by atoms with Gasteiger partial charge in [0.2, 0.25) is 0 Å². The Balaban J connectivity index is 1.52. The molecule has 4 unspecified atom stereocenters. The molecular weight excluding hydrogens is 422 g/mol. The molecular formula is C29H25N3O2. The fourth-order valence-corrected chi connectivity index (χ4v) is 4.96. The maximum atomic E-state index is 13.8. The van der Waals surface area contributed by atoms with E-state index in [0.717, 1.165) is 11.1 Å². The van der Waals surface area contributed by atoms with Crippen molar-refractivity contribution in [3.63, 3.8) is 0 Å². The van der Waals surface area contributed by atoms with Crippen molar-refractivity contribution in [2.24, 2.45) is 11.0 Å². The number of hydrogen-bond donors (Lipinski definition) is 1. The number of carbonyl (C=O) groups is 2. The zero-order valence-electron chi connectivity index (χ0n) is 18.6. The monoisotopic (exact) mass is 447 g/mol. The van der Waals surface area contributed by atoms with E-state index < -0.39 is 12.0 Å². The van der Waals surface area contributed by atoms with Crippen LogP contribution in [0, 0.1) is 5.92 Å². The Hall–Kier alpha value is -4.25. The Morgan fingerprint density at radius 1 is 0.824 bits per heavy atom. The quantitative estimate of drug-likeness (QED) is 0.342. The van der Waals surface area contributed by atoms with Crippen LogP contribution >= 0.6 is 0 Å². The molecule has 0 saturated carbocycles. The van der Waals surface area contributed by atoms with Crippen LogP contribution in [-0.4, -0.2) is 34.9 Å². The van der Waals surface area contributed by atoms with Gasteiger partial charge in [0.1, 0.15) is 6.04 Å². The van der Waals surface area contributed by atoms with E-state index in [2.05, 4.69) is 10.5 Å². The molecule has 0 aliphatic carbocycles. The summed E-state index contributed by atoms with van der Waals surface area (Å²) in [6.07, 6.45) is 9.40. The SMILES string of the molecule is O=C(c1ccccc1)C1C(c2ccccc2)C(C(=O)N/N=C/c2ccccc2)N2C=CC=CC12. The van der Waals surface area contributed by atoms with Gasteiger partial charge in [0.25, 0.3) is 5.91 Å². The lowest BCUT2D eigenvalue weighted by Gasteiger charge is -2.29. The number of nitrogens with one attached hydrogen (secondary N) is 1. The summed E-state index contributed by atoms with van der Waals surface area (Å²) in [4.78, 5) is 29.3. The summed E-state index contributed by atoms with van der Waals surface area (Å²) in [5, 5.41) is 4.20. The van der Waals surface area contributed by atoms with Crippen LogP contribution in [0.2, 0.25) is 0 Å². The first-order chi connectivity index (χ1) is 16.7. The third-order valence-corrected chi connectivity index (χ3v) is 6.44. The predicted molar refractivity (Wildman–Crippen MR) is 133 cm³/mol. The van der Waals surface area contributed by atoms with Crippen molar-refractivity contribution >= 4 is 17.9 Å². The highest BCUT2D eigenvalue weighted by molar-refractivity contribution is 6.00. The first kappa shape index (κ1) is 21.6. The maximum absolute atomic E-state index is 13.8. The van der Waals surface area contributed by atoms with Crippen molar-refractivity contribution in [1.82, 2.24) is 10.3 Å². The van der Waals surface area contributed by atoms with E-state index in [1.54, 1.807) is 6.21 Å². The van der Waals surface area contributed by atoms with Gasteiger partial charge in [-0.3, -0.25) is 9.59 Å². The lowest BCUT2D eigenvalue weighted by molar-refractivity contribution is -0.125. The molecule has 1 fully saturated rings. The maximum Gasteiger partial charge on any atom is 0.263 e. The Bertz CT molecular complexity index is 1240. The summed E-state index contributed by atoms with van der Waals surface area (Å²) in [5.74, 6) is -0.958. The van der Waals surface area contributed by atoms with Gasteiger partial charge in [-0.15, -0.1) is 0 Å². The van der Waals surface area contributed by atoms with E-state index in [0.29, 0.717) is 5.56 Å². The second kappa shape index (κ2) is 9.71. The number of carbonyl (C=O) groups excluding carboxylic acids is 2. The smallest absolute Gasteiger partial charge is 0.263 e. The number of allylic oxidation sites excluding steroid dienone is 2. The third kappa shape index (κ3) is 4.20. The molecule has 168 valence electrons. The van der Waals surface area contributed by atoms with Crippen LogP contribution < -0.4 is 5.43 Å². The molecule has 0 radical (unpaired) electrons. The van der Waals surface area contributed by atoms with Gasteiger partial charge in [0.15, 0.2) is 5.78 Å². The van der Waals surface area contributed by atoms with Crippen LogP contribution in [0.25, 0.3) is 0 Å². The van der Waals surface area contributed by atoms with Gasteiger partial charge in [-0.05, 0) is 17.2 Å². The van der Waals surface area contributed by atoms with Crippen LogP contribution in [0.3, 0.4) is 0 Å². The third-order valence-electron chi connectivity index (χ3n) is 6.44. The van der Waals surface area contributed by atoms with E-state index in [4.69, 9.17) is 0 Å². The number of ketones is 1. The summed E-state index contributed by atoms with van der Waals surface area (Å²) >= 11 is 0. The van der Waals surface area contributed by atoms with Crippen LogP contribution in [-0.2, 0) is 4.79 Å². The molecule has 34 heavy (non-hydrogen) atoms. The fourth-order valence-electron chi connectivity index (χ4n) is 4.96. The number of Topliss-reactive ketones (excluding diaryl/α,β-unsaturated/α-hetero) is 1. The van der Waals surface area contributed by atoms with Gasteiger partial charge in [0.05, 0.1) is 18.2 Å². The molecule has 1 amide bonds. The molecule has 5 rings (SSSR count). The van der Waals surface area contributed by atoms with E-state index in [9.17, 15) is 9.59 Å². The highest BCUT2D eigenvalue weighted by Gasteiger charge is 2.53. The van der Waals surface area contributed by atoms with Crippen LogP contribution in [0.15, 0.2) is 121 Å². The van der Waals surface area contributed by atoms with Crippen molar-refractivity contribution in [2.45, 2.75) is 18.0 Å². The normalized spacial score (nSPS) is 23.1. The zero-order valence-corrected chi connectivity index (χ0v) is 18.6. The molecule has 0 bridgehead atoms. The molecule has 1 saturated heterocycles. The molecule has 5 heteroatoms. The molecule has 4 atom stereocenters. The number of rotatable bonds is 6. The lowest BCUT2D eigenvalue weighted by atomic mass is 9.77. The minimum absolute atomic E-state index is 0.0347. The zero-order chi connectivity index (χ0) is 23.3. The number of benzene rings is 3. The van der Waals surface area contributed by atoms with E-state index in [1.165, 1.54) is 0 Å². The summed E-state index contributed by atoms with van der Waals surface area (Å²) in [7, 11) is 0. The summed E-state index contributed by atoms with van der Waals surface area (Å²) in [5.41, 5.74) is 5.23. The van der Waals surface area contributed by atoms with Gasteiger partial charge in [-0.1, -0.05) is 103 Å². The number of nitrogens with zero attached hydrogens (tertiary/aromatic N) is 2. The molecule has 0 spiro atoms. The molecule has 2 heterocycles. The highest BCUT2D eigenvalue weighted by atomic mass is 16.2. The Kier molecular flexibility index (Phi) is 6.17. The van der Waals surface area contributed by atoms with E-state index in [-0.39, 0.29) is 23.7 Å². The largest absolute Gasteiger partial charge is 0.358 e. The number of fused-ring (bicyclic) bond motifs is 1. The second-order valence-corrected chi connectivity index (χ2v) is 8.45. The van der Waals surface area contributed by atoms with Crippen LogP contribution in [0.1, 0.15) is 27.4 Å². The van der Waals surface area contributed by atoms with Crippen molar-refractivity contribution in [2.75, 3.05) is 0 Å². The molecule has 0 aromatic heterocycles. The first-order valence-electron chi connectivity index (χ1n) is 11.4. The molecule has 2 aliphatic rings. The highest BCUT2D eigenvalue weighted by Crippen LogP contribution is 2.45. The summed E-state index contributed by atoms with van der Waals surface area (Å²) < 4.78 is 0. The van der Waals surface area contributed by atoms with Crippen LogP contribution in [0.4, 0.5) is 0 Å². The Labute approximate surface area is 199 Å². The molecule has 1 N–H and O–H groups in total. The van der Waals surface area contributed by atoms with Gasteiger partial charge in [0, 0.05) is 17.7 Å². The van der Waals surface area contributed by atoms with Gasteiger partial charge < -0.3 is 4.90 Å². The number of hydrogen-bond acceptors (Lipinski definition) is 4.